The second-order valence-electron chi connectivity index (χ2n) is 4.39. The van der Waals surface area contributed by atoms with E-state index >= 15 is 0 Å². The highest BCUT2D eigenvalue weighted by Crippen LogP contribution is 2.20. The van der Waals surface area contributed by atoms with Crippen LogP contribution in [0, 0.1) is 0 Å². The lowest BCUT2D eigenvalue weighted by atomic mass is 10.2. The summed E-state index contributed by atoms with van der Waals surface area (Å²) in [6.07, 6.45) is 0. The Labute approximate surface area is 124 Å². The van der Waals surface area contributed by atoms with Gasteiger partial charge in [0.2, 0.25) is 0 Å². The van der Waals surface area contributed by atoms with Gasteiger partial charge in [0.25, 0.3) is 5.91 Å². The maximum absolute atomic E-state index is 12.1. The smallest absolute Gasteiger partial charge is 0.265 e. The zero-order valence-electron chi connectivity index (χ0n) is 10.1. The fourth-order valence-corrected chi connectivity index (χ4v) is 3.11. The van der Waals surface area contributed by atoms with Crippen molar-refractivity contribution in [3.05, 3.63) is 32.7 Å². The Balaban J connectivity index is 1.99. The van der Waals surface area contributed by atoms with Crippen LogP contribution in [0.1, 0.15) is 10.4 Å². The molecule has 0 saturated carbocycles. The fraction of sp³-hybridized carbons (Fsp3) is 0.417. The van der Waals surface area contributed by atoms with Crippen molar-refractivity contribution in [3.8, 4) is 0 Å². The highest BCUT2D eigenvalue weighted by Gasteiger charge is 2.16. The Morgan fingerprint density at radius 2 is 1.67 bits per heavy atom. The first kappa shape index (κ1) is 14.0. The van der Waals surface area contributed by atoms with Crippen LogP contribution < -0.4 is 5.43 Å². The van der Waals surface area contributed by atoms with Crippen molar-refractivity contribution < 1.29 is 4.79 Å². The minimum atomic E-state index is -0.0680. The van der Waals surface area contributed by atoms with Crippen LogP contribution in [0.15, 0.2) is 27.1 Å². The molecule has 1 saturated heterocycles. The second-order valence-corrected chi connectivity index (χ2v) is 6.22. The lowest BCUT2D eigenvalue weighted by molar-refractivity contribution is 0.0662. The number of likely N-dealkylation sites (N-methyl/N-ethyl adjacent to an activating group) is 1. The number of hydrazine groups is 1. The van der Waals surface area contributed by atoms with E-state index in [-0.39, 0.29) is 5.91 Å². The topological polar surface area (TPSA) is 35.6 Å². The van der Waals surface area contributed by atoms with Crippen LogP contribution in [-0.2, 0) is 0 Å². The van der Waals surface area contributed by atoms with Gasteiger partial charge in [-0.05, 0) is 25.2 Å². The molecular formula is C12H15Br2N3O. The average Bonchev–Trinajstić information content (AvgIpc) is 2.31. The van der Waals surface area contributed by atoms with E-state index in [0.29, 0.717) is 5.56 Å². The number of nitrogens with zero attached hydrogens (tertiary/aromatic N) is 2. The number of piperazine rings is 1. The summed E-state index contributed by atoms with van der Waals surface area (Å²) in [7, 11) is 2.09. The third kappa shape index (κ3) is 3.78. The molecule has 18 heavy (non-hydrogen) atoms. The second kappa shape index (κ2) is 6.14. The van der Waals surface area contributed by atoms with Crippen molar-refractivity contribution in [2.75, 3.05) is 33.2 Å². The molecule has 0 radical (unpaired) electrons. The molecular weight excluding hydrogens is 362 g/mol. The van der Waals surface area contributed by atoms with E-state index in [0.717, 1.165) is 35.1 Å². The van der Waals surface area contributed by atoms with Crippen LogP contribution in [0.3, 0.4) is 0 Å². The number of carbonyl (C=O) groups is 1. The Morgan fingerprint density at radius 3 is 2.22 bits per heavy atom. The van der Waals surface area contributed by atoms with Crippen LogP contribution >= 0.6 is 31.9 Å². The molecule has 1 aliphatic rings. The van der Waals surface area contributed by atoms with Crippen molar-refractivity contribution in [1.29, 1.82) is 0 Å². The molecule has 1 fully saturated rings. The minimum absolute atomic E-state index is 0.0680. The molecule has 1 aliphatic heterocycles. The molecule has 0 atom stereocenters. The molecule has 1 heterocycles. The van der Waals surface area contributed by atoms with E-state index in [4.69, 9.17) is 0 Å². The Bertz CT molecular complexity index is 425. The molecule has 6 heteroatoms. The molecule has 4 nitrogen and oxygen atoms in total. The number of rotatable bonds is 2. The maximum atomic E-state index is 12.1. The van der Waals surface area contributed by atoms with Crippen molar-refractivity contribution in [1.82, 2.24) is 15.3 Å². The number of benzene rings is 1. The Kier molecular flexibility index (Phi) is 4.77. The monoisotopic (exact) mass is 375 g/mol. The summed E-state index contributed by atoms with van der Waals surface area (Å²) in [5.41, 5.74) is 3.58. The molecule has 1 aromatic rings. The third-order valence-electron chi connectivity index (χ3n) is 2.89. The minimum Gasteiger partial charge on any atom is -0.304 e. The normalized spacial score (nSPS) is 17.7. The molecule has 0 unspecified atom stereocenters. The molecule has 98 valence electrons. The summed E-state index contributed by atoms with van der Waals surface area (Å²) < 4.78 is 1.78. The van der Waals surface area contributed by atoms with Gasteiger partial charge in [0.15, 0.2) is 0 Å². The molecule has 2 rings (SSSR count). The van der Waals surface area contributed by atoms with E-state index in [1.54, 1.807) is 0 Å². The van der Waals surface area contributed by atoms with Gasteiger partial charge >= 0.3 is 0 Å². The number of amides is 1. The average molecular weight is 377 g/mol. The summed E-state index contributed by atoms with van der Waals surface area (Å²) in [5.74, 6) is -0.0680. The van der Waals surface area contributed by atoms with Gasteiger partial charge in [-0.3, -0.25) is 10.2 Å². The summed E-state index contributed by atoms with van der Waals surface area (Å²) in [6, 6.07) is 5.54. The quantitative estimate of drug-likeness (QED) is 0.858. The van der Waals surface area contributed by atoms with Crippen LogP contribution in [0.5, 0.6) is 0 Å². The van der Waals surface area contributed by atoms with Gasteiger partial charge < -0.3 is 4.90 Å². The first-order valence-corrected chi connectivity index (χ1v) is 7.34. The number of hydrogen-bond donors (Lipinski definition) is 1. The van der Waals surface area contributed by atoms with E-state index in [1.807, 2.05) is 23.2 Å². The third-order valence-corrected chi connectivity index (χ3v) is 3.80. The highest BCUT2D eigenvalue weighted by atomic mass is 79.9. The molecule has 0 spiro atoms. The number of carbonyl (C=O) groups excluding carboxylic acids is 1. The largest absolute Gasteiger partial charge is 0.304 e. The lowest BCUT2D eigenvalue weighted by Crippen LogP contribution is -2.52. The number of halogens is 2. The summed E-state index contributed by atoms with van der Waals surface area (Å²) in [6.45, 7) is 3.67. The Morgan fingerprint density at radius 1 is 1.11 bits per heavy atom. The summed E-state index contributed by atoms with van der Waals surface area (Å²) in [5, 5.41) is 1.97. The molecule has 1 aromatic carbocycles. The zero-order valence-corrected chi connectivity index (χ0v) is 13.3. The van der Waals surface area contributed by atoms with Gasteiger partial charge in [0.1, 0.15) is 0 Å². The Hall–Kier alpha value is -0.430. The van der Waals surface area contributed by atoms with Gasteiger partial charge in [-0.1, -0.05) is 31.9 Å². The number of nitrogens with one attached hydrogen (secondary N) is 1. The lowest BCUT2D eigenvalue weighted by Gasteiger charge is -2.32. The van der Waals surface area contributed by atoms with Crippen molar-refractivity contribution in [3.63, 3.8) is 0 Å². The van der Waals surface area contributed by atoms with Crippen LogP contribution in [-0.4, -0.2) is 49.0 Å². The van der Waals surface area contributed by atoms with E-state index < -0.39 is 0 Å². The molecule has 0 bridgehead atoms. The summed E-state index contributed by atoms with van der Waals surface area (Å²) in [4.78, 5) is 14.3. The highest BCUT2D eigenvalue weighted by molar-refractivity contribution is 9.11. The molecule has 0 aromatic heterocycles. The first-order valence-electron chi connectivity index (χ1n) is 5.75. The van der Waals surface area contributed by atoms with Crippen LogP contribution in [0.4, 0.5) is 0 Å². The van der Waals surface area contributed by atoms with Gasteiger partial charge in [0.05, 0.1) is 0 Å². The van der Waals surface area contributed by atoms with Crippen LogP contribution in [0.2, 0.25) is 0 Å². The van der Waals surface area contributed by atoms with Crippen molar-refractivity contribution >= 4 is 37.8 Å². The van der Waals surface area contributed by atoms with Crippen molar-refractivity contribution in [2.24, 2.45) is 0 Å². The predicted molar refractivity (Wildman–Crippen MR) is 78.4 cm³/mol. The maximum Gasteiger partial charge on any atom is 0.265 e. The zero-order chi connectivity index (χ0) is 13.1. The summed E-state index contributed by atoms with van der Waals surface area (Å²) >= 11 is 6.77. The van der Waals surface area contributed by atoms with Gasteiger partial charge in [-0.15, -0.1) is 0 Å². The molecule has 0 aliphatic carbocycles. The van der Waals surface area contributed by atoms with Crippen molar-refractivity contribution in [2.45, 2.75) is 0 Å². The number of hydrogen-bond acceptors (Lipinski definition) is 3. The predicted octanol–water partition coefficient (Wildman–Crippen LogP) is 2.10. The van der Waals surface area contributed by atoms with Gasteiger partial charge in [-0.2, -0.15) is 0 Å². The van der Waals surface area contributed by atoms with E-state index in [2.05, 4.69) is 49.2 Å². The van der Waals surface area contributed by atoms with Gasteiger partial charge in [0, 0.05) is 40.7 Å². The molecule has 1 N–H and O–H groups in total. The van der Waals surface area contributed by atoms with E-state index in [1.165, 1.54) is 0 Å². The standard InChI is InChI=1S/C12H15Br2N3O/c1-16-2-4-17(5-3-16)15-12(18)9-6-10(13)8-11(14)7-9/h6-8H,2-5H2,1H3,(H,15,18). The SMILES string of the molecule is CN1CCN(NC(=O)c2cc(Br)cc(Br)c2)CC1. The van der Waals surface area contributed by atoms with Crippen LogP contribution in [0.25, 0.3) is 0 Å². The van der Waals surface area contributed by atoms with Gasteiger partial charge in [-0.25, -0.2) is 5.01 Å². The fourth-order valence-electron chi connectivity index (χ4n) is 1.81. The molecule has 1 amide bonds. The van der Waals surface area contributed by atoms with E-state index in [9.17, 15) is 4.79 Å². The first-order chi connectivity index (χ1) is 8.54.